The van der Waals surface area contributed by atoms with Crippen LogP contribution in [-0.2, 0) is 4.79 Å². The molecule has 0 N–H and O–H groups in total. The molecule has 0 bridgehead atoms. The van der Waals surface area contributed by atoms with E-state index >= 15 is 0 Å². The number of unbranched alkanes of at least 4 members (excludes halogenated alkanes) is 4. The van der Waals surface area contributed by atoms with Crippen molar-refractivity contribution in [3.05, 3.63) is 0 Å². The van der Waals surface area contributed by atoms with Crippen LogP contribution in [0.2, 0.25) is 0 Å². The van der Waals surface area contributed by atoms with Crippen molar-refractivity contribution < 1.29 is 4.79 Å². The van der Waals surface area contributed by atoms with Crippen molar-refractivity contribution in [2.24, 2.45) is 5.92 Å². The maximum Gasteiger partial charge on any atom is 0.133 e. The number of ketones is 1. The maximum absolute atomic E-state index is 11.0. The van der Waals surface area contributed by atoms with Gasteiger partial charge in [0.1, 0.15) is 5.78 Å². The van der Waals surface area contributed by atoms with Crippen molar-refractivity contribution in [2.75, 3.05) is 0 Å². The molecule has 1 aliphatic rings. The molecule has 0 spiro atoms. The van der Waals surface area contributed by atoms with Crippen LogP contribution in [0.1, 0.15) is 64.7 Å². The molecule has 0 saturated heterocycles. The van der Waals surface area contributed by atoms with E-state index in [1.807, 2.05) is 0 Å². The van der Waals surface area contributed by atoms with Gasteiger partial charge in [-0.2, -0.15) is 0 Å². The van der Waals surface area contributed by atoms with Crippen LogP contribution in [-0.4, -0.2) is 5.78 Å². The Bertz CT molecular complexity index is 151. The third-order valence-electron chi connectivity index (χ3n) is 3.06. The molecule has 1 heteroatoms. The van der Waals surface area contributed by atoms with Crippen LogP contribution < -0.4 is 0 Å². The van der Waals surface area contributed by atoms with Crippen molar-refractivity contribution in [3.8, 4) is 0 Å². The van der Waals surface area contributed by atoms with Gasteiger partial charge in [-0.25, -0.2) is 0 Å². The predicted octanol–water partition coefficient (Wildman–Crippen LogP) is 3.72. The summed E-state index contributed by atoms with van der Waals surface area (Å²) in [6.07, 6.45) is 11.0. The molecule has 13 heavy (non-hydrogen) atoms. The molecular weight excluding hydrogens is 160 g/mol. The third kappa shape index (κ3) is 4.44. The number of carbonyl (C=O) groups is 1. The minimum absolute atomic E-state index is 0.499. The van der Waals surface area contributed by atoms with E-state index in [4.69, 9.17) is 0 Å². The molecular formula is C12H22O. The molecule has 0 amide bonds. The zero-order chi connectivity index (χ0) is 9.52. The predicted molar refractivity (Wildman–Crippen MR) is 55.7 cm³/mol. The summed E-state index contributed by atoms with van der Waals surface area (Å²) in [5, 5.41) is 0. The highest BCUT2D eigenvalue weighted by Gasteiger charge is 2.20. The first kappa shape index (κ1) is 10.7. The Morgan fingerprint density at radius 2 is 2.00 bits per heavy atom. The Morgan fingerprint density at radius 1 is 1.23 bits per heavy atom. The molecule has 0 unspecified atom stereocenters. The first-order chi connectivity index (χ1) is 6.33. The molecule has 1 fully saturated rings. The van der Waals surface area contributed by atoms with Crippen molar-refractivity contribution in [1.29, 1.82) is 0 Å². The Kier molecular flexibility index (Phi) is 5.10. The number of carbonyl (C=O) groups excluding carboxylic acids is 1. The SMILES string of the molecule is CCCCCCC[C@H]1CCC(=O)C1. The molecule has 0 aromatic carbocycles. The summed E-state index contributed by atoms with van der Waals surface area (Å²) in [5.74, 6) is 1.24. The summed E-state index contributed by atoms with van der Waals surface area (Å²) < 4.78 is 0. The van der Waals surface area contributed by atoms with Crippen LogP contribution in [0.3, 0.4) is 0 Å². The molecule has 0 radical (unpaired) electrons. The van der Waals surface area contributed by atoms with Gasteiger partial charge in [-0.1, -0.05) is 45.4 Å². The van der Waals surface area contributed by atoms with Gasteiger partial charge in [-0.05, 0) is 12.3 Å². The van der Waals surface area contributed by atoms with E-state index in [-0.39, 0.29) is 0 Å². The number of rotatable bonds is 6. The monoisotopic (exact) mass is 182 g/mol. The summed E-state index contributed by atoms with van der Waals surface area (Å²) in [6.45, 7) is 2.25. The third-order valence-corrected chi connectivity index (χ3v) is 3.06. The van der Waals surface area contributed by atoms with E-state index in [9.17, 15) is 4.79 Å². The van der Waals surface area contributed by atoms with Crippen LogP contribution in [0.15, 0.2) is 0 Å². The van der Waals surface area contributed by atoms with Crippen LogP contribution in [0.5, 0.6) is 0 Å². The summed E-state index contributed by atoms with van der Waals surface area (Å²) >= 11 is 0. The topological polar surface area (TPSA) is 17.1 Å². The van der Waals surface area contributed by atoms with Crippen molar-refractivity contribution in [2.45, 2.75) is 64.7 Å². The van der Waals surface area contributed by atoms with E-state index in [0.717, 1.165) is 18.8 Å². The lowest BCUT2D eigenvalue weighted by molar-refractivity contribution is -0.117. The molecule has 1 nitrogen and oxygen atoms in total. The molecule has 1 saturated carbocycles. The summed E-state index contributed by atoms with van der Waals surface area (Å²) in [7, 11) is 0. The Labute approximate surface area is 81.9 Å². The van der Waals surface area contributed by atoms with Gasteiger partial charge in [0, 0.05) is 12.8 Å². The largest absolute Gasteiger partial charge is 0.300 e. The molecule has 1 atom stereocenters. The Balaban J connectivity index is 1.91. The number of Topliss-reactive ketones (excluding diaryl/α,β-unsaturated/α-hetero) is 1. The lowest BCUT2D eigenvalue weighted by Gasteiger charge is -2.06. The quantitative estimate of drug-likeness (QED) is 0.572. The van der Waals surface area contributed by atoms with Crippen LogP contribution in [0.25, 0.3) is 0 Å². The maximum atomic E-state index is 11.0. The van der Waals surface area contributed by atoms with E-state index < -0.39 is 0 Å². The molecule has 0 heterocycles. The fourth-order valence-corrected chi connectivity index (χ4v) is 2.17. The van der Waals surface area contributed by atoms with Gasteiger partial charge < -0.3 is 0 Å². The normalized spacial score (nSPS) is 22.5. The minimum atomic E-state index is 0.499. The highest BCUT2D eigenvalue weighted by Crippen LogP contribution is 2.26. The molecule has 0 aromatic heterocycles. The Hall–Kier alpha value is -0.330. The van der Waals surface area contributed by atoms with E-state index in [0.29, 0.717) is 5.78 Å². The van der Waals surface area contributed by atoms with E-state index in [2.05, 4.69) is 6.92 Å². The molecule has 1 aliphatic carbocycles. The van der Waals surface area contributed by atoms with Crippen molar-refractivity contribution in [3.63, 3.8) is 0 Å². The first-order valence-electron chi connectivity index (χ1n) is 5.84. The molecule has 0 aliphatic heterocycles. The average Bonchev–Trinajstić information content (AvgIpc) is 2.51. The van der Waals surface area contributed by atoms with Crippen LogP contribution >= 0.6 is 0 Å². The summed E-state index contributed by atoms with van der Waals surface area (Å²) in [5.41, 5.74) is 0. The van der Waals surface area contributed by atoms with Gasteiger partial charge >= 0.3 is 0 Å². The standard InChI is InChI=1S/C12H22O/c1-2-3-4-5-6-7-11-8-9-12(13)10-11/h11H,2-10H2,1H3/t11-/m0/s1. The number of hydrogen-bond donors (Lipinski definition) is 0. The highest BCUT2D eigenvalue weighted by molar-refractivity contribution is 5.80. The zero-order valence-corrected chi connectivity index (χ0v) is 8.85. The van der Waals surface area contributed by atoms with E-state index in [1.165, 1.54) is 44.9 Å². The fourth-order valence-electron chi connectivity index (χ4n) is 2.17. The summed E-state index contributed by atoms with van der Waals surface area (Å²) in [6, 6.07) is 0. The zero-order valence-electron chi connectivity index (χ0n) is 8.85. The Morgan fingerprint density at radius 3 is 2.62 bits per heavy atom. The van der Waals surface area contributed by atoms with Crippen LogP contribution in [0.4, 0.5) is 0 Å². The smallest absolute Gasteiger partial charge is 0.133 e. The van der Waals surface area contributed by atoms with E-state index in [1.54, 1.807) is 0 Å². The molecule has 1 rings (SSSR count). The van der Waals surface area contributed by atoms with Gasteiger partial charge in [-0.3, -0.25) is 4.79 Å². The van der Waals surface area contributed by atoms with Gasteiger partial charge in [0.05, 0.1) is 0 Å². The van der Waals surface area contributed by atoms with Gasteiger partial charge in [-0.15, -0.1) is 0 Å². The van der Waals surface area contributed by atoms with Gasteiger partial charge in [0.25, 0.3) is 0 Å². The fraction of sp³-hybridized carbons (Fsp3) is 0.917. The van der Waals surface area contributed by atoms with Crippen LogP contribution in [0, 0.1) is 5.92 Å². The highest BCUT2D eigenvalue weighted by atomic mass is 16.1. The van der Waals surface area contributed by atoms with Gasteiger partial charge in [0.15, 0.2) is 0 Å². The molecule has 0 aromatic rings. The molecule has 76 valence electrons. The van der Waals surface area contributed by atoms with Crippen molar-refractivity contribution >= 4 is 5.78 Å². The average molecular weight is 182 g/mol. The second-order valence-electron chi connectivity index (χ2n) is 4.35. The lowest BCUT2D eigenvalue weighted by atomic mass is 9.99. The minimum Gasteiger partial charge on any atom is -0.300 e. The first-order valence-corrected chi connectivity index (χ1v) is 5.84. The second kappa shape index (κ2) is 6.17. The van der Waals surface area contributed by atoms with Crippen molar-refractivity contribution in [1.82, 2.24) is 0 Å². The second-order valence-corrected chi connectivity index (χ2v) is 4.35. The lowest BCUT2D eigenvalue weighted by Crippen LogP contribution is -1.95. The van der Waals surface area contributed by atoms with Gasteiger partial charge in [0.2, 0.25) is 0 Å². The summed E-state index contributed by atoms with van der Waals surface area (Å²) in [4.78, 5) is 11.0. The number of hydrogen-bond acceptors (Lipinski definition) is 1.